The molecular formula is C18H14ClN3O6S2. The zero-order valence-electron chi connectivity index (χ0n) is 15.6. The van der Waals surface area contributed by atoms with E-state index in [4.69, 9.17) is 25.5 Å². The van der Waals surface area contributed by atoms with Crippen LogP contribution in [0.3, 0.4) is 0 Å². The topological polar surface area (TPSA) is 121 Å². The Kier molecular flexibility index (Phi) is 7.08. The van der Waals surface area contributed by atoms with E-state index >= 15 is 0 Å². The maximum absolute atomic E-state index is 12.4. The van der Waals surface area contributed by atoms with Gasteiger partial charge in [-0.2, -0.15) is 0 Å². The fraction of sp³-hybridized carbons (Fsp3) is 0.167. The highest BCUT2D eigenvalue weighted by atomic mass is 35.5. The minimum Gasteiger partial charge on any atom is -0.496 e. The molecule has 0 aliphatic heterocycles. The van der Waals surface area contributed by atoms with E-state index < -0.39 is 11.4 Å². The van der Waals surface area contributed by atoms with Crippen molar-refractivity contribution < 1.29 is 23.5 Å². The van der Waals surface area contributed by atoms with Crippen LogP contribution in [0.25, 0.3) is 0 Å². The van der Waals surface area contributed by atoms with E-state index in [2.05, 4.69) is 15.5 Å². The molecule has 12 heteroatoms. The third kappa shape index (κ3) is 5.59. The molecule has 0 unspecified atom stereocenters. The van der Waals surface area contributed by atoms with Crippen LogP contribution in [0, 0.1) is 0 Å². The fourth-order valence-corrected chi connectivity index (χ4v) is 4.05. The van der Waals surface area contributed by atoms with E-state index in [9.17, 15) is 14.4 Å². The number of nitrogens with zero attached hydrogens (tertiary/aromatic N) is 2. The Hall–Kier alpha value is -2.89. The Labute approximate surface area is 183 Å². The first-order valence-corrected chi connectivity index (χ1v) is 10.4. The quantitative estimate of drug-likeness (QED) is 0.315. The first-order valence-electron chi connectivity index (χ1n) is 8.27. The van der Waals surface area contributed by atoms with Gasteiger partial charge in [-0.3, -0.25) is 9.59 Å². The van der Waals surface area contributed by atoms with Crippen LogP contribution in [0.2, 0.25) is 5.02 Å². The van der Waals surface area contributed by atoms with Crippen molar-refractivity contribution in [2.45, 2.75) is 17.0 Å². The lowest BCUT2D eigenvalue weighted by Crippen LogP contribution is -2.15. The molecule has 0 saturated heterocycles. The number of ether oxygens (including phenoxy) is 2. The molecule has 30 heavy (non-hydrogen) atoms. The molecule has 0 aliphatic rings. The number of aromatic nitrogens is 2. The number of anilines is 1. The van der Waals surface area contributed by atoms with Crippen LogP contribution in [0.1, 0.15) is 23.0 Å². The fourth-order valence-electron chi connectivity index (χ4n) is 2.19. The van der Waals surface area contributed by atoms with Gasteiger partial charge in [0.1, 0.15) is 23.3 Å². The lowest BCUT2D eigenvalue weighted by Gasteiger charge is -2.08. The number of esters is 1. The maximum atomic E-state index is 12.4. The first kappa shape index (κ1) is 21.8. The largest absolute Gasteiger partial charge is 0.496 e. The molecule has 3 rings (SSSR count). The molecule has 3 aromatic rings. The van der Waals surface area contributed by atoms with Crippen LogP contribution >= 0.6 is 34.7 Å². The lowest BCUT2D eigenvalue weighted by atomic mass is 10.2. The SMILES string of the molecule is COc1ccc(Cl)cc1C(=O)Oc1coc(CSc2nnc(NC(C)=O)s2)cc1=O. The molecule has 156 valence electrons. The molecule has 0 spiro atoms. The Morgan fingerprint density at radius 3 is 2.77 bits per heavy atom. The van der Waals surface area contributed by atoms with Crippen molar-refractivity contribution >= 4 is 51.7 Å². The molecule has 1 amide bonds. The van der Waals surface area contributed by atoms with Gasteiger partial charge in [0, 0.05) is 18.0 Å². The molecule has 0 bridgehead atoms. The monoisotopic (exact) mass is 467 g/mol. The zero-order chi connectivity index (χ0) is 21.7. The number of rotatable bonds is 7. The minimum atomic E-state index is -0.803. The number of hydrogen-bond acceptors (Lipinski definition) is 10. The number of halogens is 1. The molecule has 1 N–H and O–H groups in total. The van der Waals surface area contributed by atoms with Crippen molar-refractivity contribution in [2.24, 2.45) is 0 Å². The highest BCUT2D eigenvalue weighted by molar-refractivity contribution is 8.00. The second-order valence-corrected chi connectivity index (χ2v) is 8.29. The third-order valence-electron chi connectivity index (χ3n) is 3.46. The molecule has 0 fully saturated rings. The van der Waals surface area contributed by atoms with Gasteiger partial charge >= 0.3 is 5.97 Å². The number of carbonyl (C=O) groups excluding carboxylic acids is 2. The van der Waals surface area contributed by atoms with Crippen LogP contribution in [0.15, 0.2) is 44.1 Å². The molecule has 9 nitrogen and oxygen atoms in total. The van der Waals surface area contributed by atoms with Crippen LogP contribution in [0.5, 0.6) is 11.5 Å². The predicted octanol–water partition coefficient (Wildman–Crippen LogP) is 3.62. The summed E-state index contributed by atoms with van der Waals surface area (Å²) in [6.45, 7) is 1.37. The van der Waals surface area contributed by atoms with Crippen molar-refractivity contribution in [3.63, 3.8) is 0 Å². The standard InChI is InChI=1S/C18H14ClN3O6S2/c1-9(23)20-17-21-22-18(30-17)29-8-11-6-13(24)15(7-27-11)28-16(25)12-5-10(19)3-4-14(12)26-2/h3-7H,8H2,1-2H3,(H,20,21,23). The Bertz CT molecular complexity index is 1150. The van der Waals surface area contributed by atoms with Crippen molar-refractivity contribution in [3.05, 3.63) is 57.1 Å². The number of nitrogens with one attached hydrogen (secondary N) is 1. The summed E-state index contributed by atoms with van der Waals surface area (Å²) in [7, 11) is 1.40. The summed E-state index contributed by atoms with van der Waals surface area (Å²) in [4.78, 5) is 35.7. The Balaban J connectivity index is 1.66. The van der Waals surface area contributed by atoms with E-state index in [0.717, 1.165) is 6.26 Å². The van der Waals surface area contributed by atoms with Gasteiger partial charge in [0.2, 0.25) is 22.2 Å². The van der Waals surface area contributed by atoms with Crippen molar-refractivity contribution in [3.8, 4) is 11.5 Å². The minimum absolute atomic E-state index is 0.0790. The van der Waals surface area contributed by atoms with Gasteiger partial charge < -0.3 is 19.2 Å². The lowest BCUT2D eigenvalue weighted by molar-refractivity contribution is -0.114. The first-order chi connectivity index (χ1) is 14.4. The van der Waals surface area contributed by atoms with E-state index in [1.807, 2.05) is 0 Å². The van der Waals surface area contributed by atoms with Crippen molar-refractivity contribution in [1.29, 1.82) is 0 Å². The zero-order valence-corrected chi connectivity index (χ0v) is 18.0. The second-order valence-electron chi connectivity index (χ2n) is 5.65. The highest BCUT2D eigenvalue weighted by Gasteiger charge is 2.18. The van der Waals surface area contributed by atoms with Crippen LogP contribution < -0.4 is 20.2 Å². The van der Waals surface area contributed by atoms with Crippen molar-refractivity contribution in [1.82, 2.24) is 10.2 Å². The van der Waals surface area contributed by atoms with Gasteiger partial charge in [-0.05, 0) is 18.2 Å². The average Bonchev–Trinajstić information content (AvgIpc) is 3.14. The number of hydrogen-bond donors (Lipinski definition) is 1. The number of methoxy groups -OCH3 is 1. The Morgan fingerprint density at radius 1 is 1.27 bits per heavy atom. The molecule has 0 aliphatic carbocycles. The molecule has 0 atom stereocenters. The van der Waals surface area contributed by atoms with E-state index in [1.165, 1.54) is 55.3 Å². The van der Waals surface area contributed by atoms with E-state index in [-0.39, 0.29) is 23.0 Å². The van der Waals surface area contributed by atoms with Gasteiger partial charge in [-0.15, -0.1) is 10.2 Å². The van der Waals surface area contributed by atoms with Crippen LogP contribution in [0.4, 0.5) is 5.13 Å². The van der Waals surface area contributed by atoms with E-state index in [1.54, 1.807) is 6.07 Å². The van der Waals surface area contributed by atoms with Gasteiger partial charge in [-0.1, -0.05) is 34.7 Å². The van der Waals surface area contributed by atoms with Gasteiger partial charge in [0.15, 0.2) is 4.34 Å². The maximum Gasteiger partial charge on any atom is 0.347 e. The molecule has 2 heterocycles. The summed E-state index contributed by atoms with van der Waals surface area (Å²) in [5, 5.41) is 11.0. The number of carbonyl (C=O) groups is 2. The third-order valence-corrected chi connectivity index (χ3v) is 5.69. The summed E-state index contributed by atoms with van der Waals surface area (Å²) in [5.74, 6) is -0.406. The Morgan fingerprint density at radius 2 is 2.07 bits per heavy atom. The number of thioether (sulfide) groups is 1. The predicted molar refractivity (Wildman–Crippen MR) is 112 cm³/mol. The summed E-state index contributed by atoms with van der Waals surface area (Å²) in [5.41, 5.74) is -0.447. The molecule has 0 saturated carbocycles. The summed E-state index contributed by atoms with van der Waals surface area (Å²) < 4.78 is 16.2. The van der Waals surface area contributed by atoms with Gasteiger partial charge in [0.05, 0.1) is 12.9 Å². The average molecular weight is 468 g/mol. The van der Waals surface area contributed by atoms with Gasteiger partial charge in [0.25, 0.3) is 0 Å². The second kappa shape index (κ2) is 9.74. The summed E-state index contributed by atoms with van der Waals surface area (Å²) in [6, 6.07) is 5.69. The van der Waals surface area contributed by atoms with Crippen LogP contribution in [-0.2, 0) is 10.5 Å². The number of amides is 1. The molecule has 1 aromatic carbocycles. The van der Waals surface area contributed by atoms with Gasteiger partial charge in [-0.25, -0.2) is 4.79 Å². The molecule has 2 aromatic heterocycles. The smallest absolute Gasteiger partial charge is 0.347 e. The highest BCUT2D eigenvalue weighted by Crippen LogP contribution is 2.28. The normalized spacial score (nSPS) is 10.5. The molecule has 0 radical (unpaired) electrons. The van der Waals surface area contributed by atoms with Crippen molar-refractivity contribution in [2.75, 3.05) is 12.4 Å². The number of benzene rings is 1. The van der Waals surface area contributed by atoms with Crippen LogP contribution in [-0.4, -0.2) is 29.2 Å². The molecular weight excluding hydrogens is 454 g/mol. The summed E-state index contributed by atoms with van der Waals surface area (Å²) in [6.07, 6.45) is 1.07. The summed E-state index contributed by atoms with van der Waals surface area (Å²) >= 11 is 8.38. The van der Waals surface area contributed by atoms with E-state index in [0.29, 0.717) is 26.0 Å².